The Hall–Kier alpha value is -4.14. The van der Waals surface area contributed by atoms with Crippen LogP contribution in [0.2, 0.25) is 0 Å². The smallest absolute Gasteiger partial charge is 0.408 e. The maximum absolute atomic E-state index is 13.0. The molecule has 4 rings (SSSR count). The van der Waals surface area contributed by atoms with Crippen LogP contribution in [0.15, 0.2) is 57.9 Å². The van der Waals surface area contributed by atoms with Crippen LogP contribution in [-0.2, 0) is 0 Å². The number of nitrogens with zero attached hydrogens (tertiary/aromatic N) is 3. The minimum Gasteiger partial charge on any atom is -0.408 e. The van der Waals surface area contributed by atoms with Crippen molar-refractivity contribution in [3.8, 4) is 0 Å². The molecule has 4 N–H and O–H groups in total. The van der Waals surface area contributed by atoms with Gasteiger partial charge in [-0.3, -0.25) is 9.36 Å². The molecule has 0 bridgehead atoms. The van der Waals surface area contributed by atoms with Crippen LogP contribution in [0.5, 0.6) is 0 Å². The van der Waals surface area contributed by atoms with E-state index in [9.17, 15) is 9.59 Å². The van der Waals surface area contributed by atoms with Crippen molar-refractivity contribution >= 4 is 40.1 Å². The molecule has 0 aliphatic carbocycles. The van der Waals surface area contributed by atoms with Crippen molar-refractivity contribution in [2.45, 2.75) is 54.5 Å². The molecule has 4 aromatic rings. The fourth-order valence-corrected chi connectivity index (χ4v) is 5.04. The summed E-state index contributed by atoms with van der Waals surface area (Å²) in [5.41, 5.74) is 8.98. The number of anilines is 4. The summed E-state index contributed by atoms with van der Waals surface area (Å²) in [7, 11) is 0. The molecular formula is C28H34N6O3. The first-order chi connectivity index (χ1) is 17.2. The van der Waals surface area contributed by atoms with Crippen molar-refractivity contribution in [3.63, 3.8) is 0 Å². The SMILES string of the molecule is Cc1cnc(Nc2ccc(C(N)=O)cc2)nc1Nc1ccc2oc(=O)n(C(C(C)(C)C)C(C)(C)C)c2c1. The summed E-state index contributed by atoms with van der Waals surface area (Å²) in [5, 5.41) is 6.50. The first-order valence-corrected chi connectivity index (χ1v) is 12.2. The zero-order chi connectivity index (χ0) is 27.1. The molecule has 194 valence electrons. The van der Waals surface area contributed by atoms with E-state index < -0.39 is 5.91 Å². The predicted molar refractivity (Wildman–Crippen MR) is 147 cm³/mol. The summed E-state index contributed by atoms with van der Waals surface area (Å²) in [4.78, 5) is 33.3. The normalized spacial score (nSPS) is 12.2. The molecule has 0 fully saturated rings. The van der Waals surface area contributed by atoms with Crippen LogP contribution in [-0.4, -0.2) is 20.4 Å². The summed E-state index contributed by atoms with van der Waals surface area (Å²) in [6, 6.07) is 12.2. The number of carbonyl (C=O) groups excluding carboxylic acids is 1. The molecule has 37 heavy (non-hydrogen) atoms. The maximum atomic E-state index is 13.0. The summed E-state index contributed by atoms with van der Waals surface area (Å²) in [6.07, 6.45) is 1.72. The van der Waals surface area contributed by atoms with Gasteiger partial charge >= 0.3 is 5.76 Å². The van der Waals surface area contributed by atoms with Gasteiger partial charge < -0.3 is 20.8 Å². The van der Waals surface area contributed by atoms with Crippen molar-refractivity contribution in [2.24, 2.45) is 16.6 Å². The van der Waals surface area contributed by atoms with Gasteiger partial charge in [-0.25, -0.2) is 9.78 Å². The van der Waals surface area contributed by atoms with Gasteiger partial charge in [0.25, 0.3) is 0 Å². The van der Waals surface area contributed by atoms with E-state index in [1.807, 2.05) is 19.1 Å². The van der Waals surface area contributed by atoms with Gasteiger partial charge in [0.05, 0.1) is 11.6 Å². The number of fused-ring (bicyclic) bond motifs is 1. The van der Waals surface area contributed by atoms with Crippen LogP contribution in [0.4, 0.5) is 23.1 Å². The summed E-state index contributed by atoms with van der Waals surface area (Å²) in [6.45, 7) is 14.7. The zero-order valence-electron chi connectivity index (χ0n) is 22.3. The second kappa shape index (κ2) is 9.38. The molecule has 9 nitrogen and oxygen atoms in total. The Morgan fingerprint density at radius 3 is 2.19 bits per heavy atom. The second-order valence-electron chi connectivity index (χ2n) is 11.5. The third-order valence-corrected chi connectivity index (χ3v) is 6.17. The highest BCUT2D eigenvalue weighted by Crippen LogP contribution is 2.44. The molecule has 0 unspecified atom stereocenters. The highest BCUT2D eigenvalue weighted by Gasteiger charge is 2.38. The highest BCUT2D eigenvalue weighted by atomic mass is 16.4. The number of benzene rings is 2. The van der Waals surface area contributed by atoms with Gasteiger partial charge in [-0.05, 0) is 60.2 Å². The number of aromatic nitrogens is 3. The Morgan fingerprint density at radius 1 is 0.973 bits per heavy atom. The van der Waals surface area contributed by atoms with Crippen LogP contribution >= 0.6 is 0 Å². The molecule has 2 heterocycles. The molecule has 9 heteroatoms. The summed E-state index contributed by atoms with van der Waals surface area (Å²) >= 11 is 0. The highest BCUT2D eigenvalue weighted by molar-refractivity contribution is 5.93. The van der Waals surface area contributed by atoms with Gasteiger partial charge in [-0.15, -0.1) is 0 Å². The molecule has 1 amide bonds. The molecule has 0 atom stereocenters. The number of amides is 1. The molecular weight excluding hydrogens is 468 g/mol. The number of aryl methyl sites for hydroxylation is 1. The third kappa shape index (κ3) is 5.50. The van der Waals surface area contributed by atoms with Crippen molar-refractivity contribution in [1.29, 1.82) is 0 Å². The van der Waals surface area contributed by atoms with Gasteiger partial charge in [-0.2, -0.15) is 4.98 Å². The van der Waals surface area contributed by atoms with Crippen LogP contribution < -0.4 is 22.1 Å². The lowest BCUT2D eigenvalue weighted by molar-refractivity contribution is 0.1000. The topological polar surface area (TPSA) is 128 Å². The second-order valence-corrected chi connectivity index (χ2v) is 11.5. The summed E-state index contributed by atoms with van der Waals surface area (Å²) < 4.78 is 7.40. The van der Waals surface area contributed by atoms with E-state index >= 15 is 0 Å². The van der Waals surface area contributed by atoms with Gasteiger partial charge in [0.15, 0.2) is 5.58 Å². The van der Waals surface area contributed by atoms with E-state index in [0.717, 1.165) is 22.5 Å². The zero-order valence-corrected chi connectivity index (χ0v) is 22.3. The lowest BCUT2D eigenvalue weighted by Crippen LogP contribution is -2.39. The third-order valence-electron chi connectivity index (χ3n) is 6.17. The van der Waals surface area contributed by atoms with E-state index in [0.29, 0.717) is 22.9 Å². The standard InChI is InChI=1S/C28H34N6O3/c1-16-15-30-25(32-18-10-8-17(9-11-18)22(29)35)33-23(16)31-19-12-13-21-20(14-19)34(26(36)37-21)24(27(2,3)4)28(5,6)7/h8-15,24H,1-7H3,(H2,29,35)(H2,30,31,32,33). The minimum atomic E-state index is -0.485. The Kier molecular flexibility index (Phi) is 6.58. The number of hydrogen-bond acceptors (Lipinski definition) is 7. The molecule has 0 radical (unpaired) electrons. The van der Waals surface area contributed by atoms with Crippen LogP contribution in [0.3, 0.4) is 0 Å². The number of nitrogens with two attached hydrogens (primary N) is 1. The Labute approximate surface area is 216 Å². The molecule has 0 aliphatic heterocycles. The predicted octanol–water partition coefficient (Wildman–Crippen LogP) is 5.91. The number of primary amides is 1. The van der Waals surface area contributed by atoms with E-state index in [4.69, 9.17) is 10.2 Å². The van der Waals surface area contributed by atoms with Gasteiger partial charge in [0, 0.05) is 28.7 Å². The first kappa shape index (κ1) is 25.9. The fraction of sp³-hybridized carbons (Fsp3) is 0.357. The van der Waals surface area contributed by atoms with E-state index in [-0.39, 0.29) is 22.6 Å². The van der Waals surface area contributed by atoms with Gasteiger partial charge in [0.1, 0.15) is 5.82 Å². The number of nitrogens with one attached hydrogen (secondary N) is 2. The largest absolute Gasteiger partial charge is 0.420 e. The quantitative estimate of drug-likeness (QED) is 0.299. The van der Waals surface area contributed by atoms with E-state index in [1.54, 1.807) is 41.1 Å². The lowest BCUT2D eigenvalue weighted by atomic mass is 9.72. The molecule has 0 saturated carbocycles. The molecule has 2 aromatic carbocycles. The summed E-state index contributed by atoms with van der Waals surface area (Å²) in [5.74, 6) is 0.156. The Bertz CT molecular complexity index is 1490. The number of carbonyl (C=O) groups is 1. The maximum Gasteiger partial charge on any atom is 0.420 e. The van der Waals surface area contributed by atoms with Crippen LogP contribution in [0.1, 0.15) is 63.5 Å². The molecule has 0 aliphatic rings. The monoisotopic (exact) mass is 502 g/mol. The number of hydrogen-bond donors (Lipinski definition) is 3. The van der Waals surface area contributed by atoms with Crippen LogP contribution in [0.25, 0.3) is 11.1 Å². The van der Waals surface area contributed by atoms with Crippen molar-refractivity contribution in [2.75, 3.05) is 10.6 Å². The van der Waals surface area contributed by atoms with Gasteiger partial charge in [0.2, 0.25) is 11.9 Å². The fourth-order valence-electron chi connectivity index (χ4n) is 5.04. The van der Waals surface area contributed by atoms with E-state index in [2.05, 4.69) is 62.1 Å². The Morgan fingerprint density at radius 2 is 1.59 bits per heavy atom. The molecule has 0 saturated heterocycles. The van der Waals surface area contributed by atoms with E-state index in [1.165, 1.54) is 0 Å². The minimum absolute atomic E-state index is 0.0958. The molecule has 2 aromatic heterocycles. The van der Waals surface area contributed by atoms with Gasteiger partial charge in [-0.1, -0.05) is 41.5 Å². The van der Waals surface area contributed by atoms with Crippen LogP contribution in [0, 0.1) is 17.8 Å². The van der Waals surface area contributed by atoms with Crippen molar-refractivity contribution in [3.05, 3.63) is 70.3 Å². The number of rotatable bonds is 6. The Balaban J connectivity index is 1.68. The average molecular weight is 503 g/mol. The lowest BCUT2D eigenvalue weighted by Gasteiger charge is -2.41. The number of oxazole rings is 1. The molecule has 0 spiro atoms. The van der Waals surface area contributed by atoms with Crippen molar-refractivity contribution in [1.82, 2.24) is 14.5 Å². The van der Waals surface area contributed by atoms with Crippen molar-refractivity contribution < 1.29 is 9.21 Å². The first-order valence-electron chi connectivity index (χ1n) is 12.2. The average Bonchev–Trinajstić information content (AvgIpc) is 3.09.